The quantitative estimate of drug-likeness (QED) is 0.557. The summed E-state index contributed by atoms with van der Waals surface area (Å²) in [5, 5.41) is 4.37. The summed E-state index contributed by atoms with van der Waals surface area (Å²) in [5.74, 6) is 0.0179. The molecular weight excluding hydrogens is 405 g/mol. The first-order valence-corrected chi connectivity index (χ1v) is 10.3. The molecule has 1 aliphatic heterocycles. The van der Waals surface area contributed by atoms with Crippen LogP contribution in [0, 0.1) is 13.8 Å². The molecule has 1 aromatic heterocycles. The van der Waals surface area contributed by atoms with Gasteiger partial charge in [0.05, 0.1) is 5.56 Å². The lowest BCUT2D eigenvalue weighted by Gasteiger charge is -2.33. The fourth-order valence-electron chi connectivity index (χ4n) is 4.12. The lowest BCUT2D eigenvalue weighted by Crippen LogP contribution is -2.31. The van der Waals surface area contributed by atoms with Crippen molar-refractivity contribution in [1.82, 2.24) is 9.88 Å². The zero-order valence-electron chi connectivity index (χ0n) is 16.6. The number of anilines is 1. The monoisotopic (exact) mass is 427 g/mol. The normalized spacial score (nSPS) is 16.5. The third-order valence-electron chi connectivity index (χ3n) is 5.43. The van der Waals surface area contributed by atoms with Gasteiger partial charge in [-0.2, -0.15) is 0 Å². The topological polar surface area (TPSA) is 48.1 Å². The Hall–Kier alpha value is -2.27. The molecule has 2 heterocycles. The van der Waals surface area contributed by atoms with Crippen LogP contribution in [0.1, 0.15) is 44.4 Å². The predicted octanol–water partition coefficient (Wildman–Crippen LogP) is 5.77. The summed E-state index contributed by atoms with van der Waals surface area (Å²) < 4.78 is 0. The first-order chi connectivity index (χ1) is 13.8. The van der Waals surface area contributed by atoms with Gasteiger partial charge in [-0.15, -0.1) is 0 Å². The van der Waals surface area contributed by atoms with Gasteiger partial charge in [0.15, 0.2) is 0 Å². The van der Waals surface area contributed by atoms with E-state index in [1.165, 1.54) is 0 Å². The Labute approximate surface area is 180 Å². The molecule has 0 aliphatic carbocycles. The van der Waals surface area contributed by atoms with Crippen LogP contribution in [0.4, 0.5) is 5.69 Å². The number of aryl methyl sites for hydroxylation is 2. The van der Waals surface area contributed by atoms with Gasteiger partial charge in [-0.1, -0.05) is 35.3 Å². The van der Waals surface area contributed by atoms with Crippen molar-refractivity contribution in [2.45, 2.75) is 26.3 Å². The van der Waals surface area contributed by atoms with Crippen molar-refractivity contribution in [3.63, 3.8) is 0 Å². The maximum Gasteiger partial charge on any atom is 0.257 e. The lowest BCUT2D eigenvalue weighted by atomic mass is 9.84. The molecule has 4 rings (SSSR count). The molecule has 1 aliphatic rings. The predicted molar refractivity (Wildman–Crippen MR) is 119 cm³/mol. The number of carbonyl (C=O) groups excluding carboxylic acids is 1. The molecule has 2 N–H and O–H groups in total. The Balaban J connectivity index is 1.66. The van der Waals surface area contributed by atoms with E-state index < -0.39 is 0 Å². The summed E-state index contributed by atoms with van der Waals surface area (Å²) in [7, 11) is 2.09. The van der Waals surface area contributed by atoms with E-state index in [9.17, 15) is 4.79 Å². The molecule has 3 aromatic rings. The number of fused-ring (bicyclic) bond motifs is 1. The number of nitrogens with zero attached hydrogens (tertiary/aromatic N) is 1. The van der Waals surface area contributed by atoms with E-state index in [0.29, 0.717) is 15.6 Å². The minimum atomic E-state index is -0.115. The number of H-pyrrole nitrogens is 1. The molecule has 0 saturated carbocycles. The number of amides is 1. The van der Waals surface area contributed by atoms with Crippen molar-refractivity contribution in [2.24, 2.45) is 0 Å². The zero-order chi connectivity index (χ0) is 20.7. The number of hydrogen-bond acceptors (Lipinski definition) is 2. The second kappa shape index (κ2) is 7.86. The van der Waals surface area contributed by atoms with Gasteiger partial charge in [0.2, 0.25) is 0 Å². The number of rotatable bonds is 3. The molecule has 0 bridgehead atoms. The van der Waals surface area contributed by atoms with E-state index >= 15 is 0 Å². The Morgan fingerprint density at radius 2 is 1.97 bits per heavy atom. The molecule has 0 radical (unpaired) electrons. The number of carbonyl (C=O) groups is 1. The number of halogens is 2. The van der Waals surface area contributed by atoms with Crippen molar-refractivity contribution in [3.8, 4) is 0 Å². The summed E-state index contributed by atoms with van der Waals surface area (Å²) in [6.45, 7) is 5.50. The highest BCUT2D eigenvalue weighted by Gasteiger charge is 2.27. The van der Waals surface area contributed by atoms with E-state index in [-0.39, 0.29) is 11.8 Å². The summed E-state index contributed by atoms with van der Waals surface area (Å²) in [4.78, 5) is 18.1. The lowest BCUT2D eigenvalue weighted by molar-refractivity contribution is 0.102. The molecule has 2 aromatic carbocycles. The minimum Gasteiger partial charge on any atom is -0.362 e. The Bertz CT molecular complexity index is 1090. The van der Waals surface area contributed by atoms with Crippen LogP contribution < -0.4 is 5.32 Å². The molecular formula is C23H23Cl2N3O. The average molecular weight is 428 g/mol. The molecule has 4 nitrogen and oxygen atoms in total. The molecule has 0 fully saturated rings. The van der Waals surface area contributed by atoms with Gasteiger partial charge < -0.3 is 15.2 Å². The van der Waals surface area contributed by atoms with E-state index in [0.717, 1.165) is 46.9 Å². The molecule has 150 valence electrons. The van der Waals surface area contributed by atoms with Crippen LogP contribution in [-0.4, -0.2) is 29.4 Å². The minimum absolute atomic E-state index is 0.115. The van der Waals surface area contributed by atoms with Crippen LogP contribution >= 0.6 is 23.2 Å². The van der Waals surface area contributed by atoms with Crippen molar-refractivity contribution in [2.75, 3.05) is 18.9 Å². The van der Waals surface area contributed by atoms with Crippen LogP contribution in [0.15, 0.2) is 42.5 Å². The maximum absolute atomic E-state index is 12.7. The Morgan fingerprint density at radius 1 is 1.17 bits per heavy atom. The van der Waals surface area contributed by atoms with Gasteiger partial charge in [-0.05, 0) is 67.9 Å². The second-order valence-corrected chi connectivity index (χ2v) is 8.62. The summed E-state index contributed by atoms with van der Waals surface area (Å²) in [6.07, 6.45) is 0. The molecule has 0 spiro atoms. The van der Waals surface area contributed by atoms with Gasteiger partial charge in [-0.3, -0.25) is 4.79 Å². The number of hydrogen-bond donors (Lipinski definition) is 2. The molecule has 1 amide bonds. The summed E-state index contributed by atoms with van der Waals surface area (Å²) in [5.41, 5.74) is 6.66. The smallest absolute Gasteiger partial charge is 0.257 e. The van der Waals surface area contributed by atoms with E-state index in [1.54, 1.807) is 6.07 Å². The van der Waals surface area contributed by atoms with Crippen LogP contribution in [0.5, 0.6) is 0 Å². The van der Waals surface area contributed by atoms with Crippen molar-refractivity contribution >= 4 is 34.8 Å². The molecule has 29 heavy (non-hydrogen) atoms. The first kappa shape index (κ1) is 20.0. The fourth-order valence-corrected chi connectivity index (χ4v) is 4.69. The van der Waals surface area contributed by atoms with Gasteiger partial charge in [0, 0.05) is 46.1 Å². The number of likely N-dealkylation sites (N-methyl/N-ethyl adjacent to an activating group) is 1. The molecule has 1 atom stereocenters. The highest BCUT2D eigenvalue weighted by Crippen LogP contribution is 2.38. The van der Waals surface area contributed by atoms with Gasteiger partial charge in [-0.25, -0.2) is 0 Å². The zero-order valence-corrected chi connectivity index (χ0v) is 18.2. The highest BCUT2D eigenvalue weighted by atomic mass is 35.5. The first-order valence-electron chi connectivity index (χ1n) is 9.55. The third-order valence-corrected chi connectivity index (χ3v) is 5.99. The van der Waals surface area contributed by atoms with Gasteiger partial charge in [0.25, 0.3) is 5.91 Å². The van der Waals surface area contributed by atoms with E-state index in [2.05, 4.69) is 28.3 Å². The van der Waals surface area contributed by atoms with Crippen molar-refractivity contribution < 1.29 is 4.79 Å². The number of aromatic nitrogens is 1. The fraction of sp³-hybridized carbons (Fsp3) is 0.261. The van der Waals surface area contributed by atoms with E-state index in [4.69, 9.17) is 23.2 Å². The SMILES string of the molecule is Cc1cc(C(=O)Nc2cccc(C3CN(C)Cc4c(Cl)cc(Cl)cc43)c2)c(C)[nH]1. The average Bonchev–Trinajstić information content (AvgIpc) is 3.00. The molecule has 6 heteroatoms. The van der Waals surface area contributed by atoms with Crippen LogP contribution in [0.25, 0.3) is 0 Å². The van der Waals surface area contributed by atoms with Crippen LogP contribution in [0.2, 0.25) is 10.0 Å². The van der Waals surface area contributed by atoms with Crippen LogP contribution in [-0.2, 0) is 6.54 Å². The maximum atomic E-state index is 12.7. The van der Waals surface area contributed by atoms with E-state index in [1.807, 2.05) is 44.2 Å². The number of nitrogens with one attached hydrogen (secondary N) is 2. The van der Waals surface area contributed by atoms with Gasteiger partial charge >= 0.3 is 0 Å². The van der Waals surface area contributed by atoms with Crippen molar-refractivity contribution in [1.29, 1.82) is 0 Å². The third kappa shape index (κ3) is 4.06. The standard InChI is InChI=1S/C23H23Cl2N3O/c1-13-7-18(14(2)26-13)23(29)27-17-6-4-5-15(8-17)20-11-28(3)12-21-19(20)9-16(24)10-22(21)25/h4-10,20,26H,11-12H2,1-3H3,(H,27,29). The Morgan fingerprint density at radius 3 is 2.69 bits per heavy atom. The second-order valence-electron chi connectivity index (χ2n) is 7.78. The molecule has 1 unspecified atom stereocenters. The molecule has 0 saturated heterocycles. The summed E-state index contributed by atoms with van der Waals surface area (Å²) in [6, 6.07) is 13.7. The highest BCUT2D eigenvalue weighted by molar-refractivity contribution is 6.35. The Kier molecular flexibility index (Phi) is 5.43. The number of benzene rings is 2. The van der Waals surface area contributed by atoms with Gasteiger partial charge in [0.1, 0.15) is 0 Å². The number of aromatic amines is 1. The van der Waals surface area contributed by atoms with Crippen LogP contribution in [0.3, 0.4) is 0 Å². The van der Waals surface area contributed by atoms with Crippen molar-refractivity contribution in [3.05, 3.63) is 86.2 Å². The summed E-state index contributed by atoms with van der Waals surface area (Å²) >= 11 is 12.8. The largest absolute Gasteiger partial charge is 0.362 e.